The molecular weight excluding hydrogens is 499 g/mol. The molecular formula is C24H20ClFN10O. The van der Waals surface area contributed by atoms with E-state index in [1.807, 2.05) is 24.0 Å². The smallest absolute Gasteiger partial charge is 0.235 e. The molecule has 2 aliphatic rings. The minimum atomic E-state index is -0.643. The van der Waals surface area contributed by atoms with Crippen LogP contribution in [0.2, 0.25) is 5.02 Å². The molecule has 11 nitrogen and oxygen atoms in total. The van der Waals surface area contributed by atoms with Crippen molar-refractivity contribution in [2.24, 2.45) is 0 Å². The maximum Gasteiger partial charge on any atom is 0.235 e. The summed E-state index contributed by atoms with van der Waals surface area (Å²) in [6.45, 7) is 2.04. The topological polar surface area (TPSA) is 121 Å². The number of fused-ring (bicyclic) bond motifs is 3. The van der Waals surface area contributed by atoms with Crippen LogP contribution >= 0.6 is 11.6 Å². The van der Waals surface area contributed by atoms with E-state index in [0.717, 1.165) is 24.1 Å². The zero-order chi connectivity index (χ0) is 25.3. The average Bonchev–Trinajstić information content (AvgIpc) is 3.26. The predicted molar refractivity (Wildman–Crippen MR) is 130 cm³/mol. The predicted octanol–water partition coefficient (Wildman–Crippen LogP) is 3.46. The lowest BCUT2D eigenvalue weighted by atomic mass is 9.80. The molecule has 2 atom stereocenters. The van der Waals surface area contributed by atoms with Crippen LogP contribution in [0.15, 0.2) is 49.3 Å². The number of hydrogen-bond donors (Lipinski definition) is 1. The van der Waals surface area contributed by atoms with Crippen molar-refractivity contribution in [3.05, 3.63) is 77.1 Å². The maximum atomic E-state index is 14.2. The lowest BCUT2D eigenvalue weighted by molar-refractivity contribution is -0.117. The van der Waals surface area contributed by atoms with Crippen molar-refractivity contribution in [1.82, 2.24) is 44.4 Å². The lowest BCUT2D eigenvalue weighted by Crippen LogP contribution is -2.25. The Kier molecular flexibility index (Phi) is 4.71. The number of rotatable bonds is 5. The summed E-state index contributed by atoms with van der Waals surface area (Å²) < 4.78 is 17.7. The van der Waals surface area contributed by atoms with Crippen LogP contribution in [0, 0.1) is 5.95 Å². The first kappa shape index (κ1) is 22.0. The monoisotopic (exact) mass is 518 g/mol. The normalized spacial score (nSPS) is 20.9. The highest BCUT2D eigenvalue weighted by atomic mass is 35.5. The standard InChI is InChI=1S/C24H20ClFN10O/c1-24(13-9-31-34(12-13)15-2-3-15)8-16(17-11-27-20-7-19(26)33-35(20)21(17)24)23(37)32-14-6-18(25)22(28-10-14)36-29-4-5-30-36/h4-7,9-12,15-16H,2-3,8H2,1H3,(H,32,37)/t16-,24-/m0/s1. The molecule has 5 heterocycles. The van der Waals surface area contributed by atoms with Gasteiger partial charge in [-0.1, -0.05) is 11.6 Å². The van der Waals surface area contributed by atoms with E-state index < -0.39 is 17.3 Å². The van der Waals surface area contributed by atoms with E-state index in [4.69, 9.17) is 11.6 Å². The Morgan fingerprint density at radius 3 is 2.70 bits per heavy atom. The summed E-state index contributed by atoms with van der Waals surface area (Å²) in [5.74, 6) is -1.10. The van der Waals surface area contributed by atoms with E-state index in [1.54, 1.807) is 12.3 Å². The molecule has 0 saturated heterocycles. The molecule has 0 spiro atoms. The summed E-state index contributed by atoms with van der Waals surface area (Å²) in [5.41, 5.74) is 2.54. The first-order valence-corrected chi connectivity index (χ1v) is 12.2. The summed E-state index contributed by atoms with van der Waals surface area (Å²) in [6, 6.07) is 3.30. The largest absolute Gasteiger partial charge is 0.324 e. The van der Waals surface area contributed by atoms with E-state index >= 15 is 0 Å². The van der Waals surface area contributed by atoms with Crippen LogP contribution in [-0.4, -0.2) is 50.3 Å². The first-order valence-electron chi connectivity index (χ1n) is 11.8. The van der Waals surface area contributed by atoms with Crippen LogP contribution in [0.1, 0.15) is 55.0 Å². The van der Waals surface area contributed by atoms with Gasteiger partial charge >= 0.3 is 0 Å². The number of halogens is 2. The molecule has 5 aromatic heterocycles. The van der Waals surface area contributed by atoms with Gasteiger partial charge in [0.15, 0.2) is 11.5 Å². The van der Waals surface area contributed by atoms with Crippen LogP contribution in [-0.2, 0) is 10.2 Å². The van der Waals surface area contributed by atoms with Crippen LogP contribution in [0.3, 0.4) is 0 Å². The zero-order valence-corrected chi connectivity index (χ0v) is 20.3. The third-order valence-corrected chi connectivity index (χ3v) is 7.44. The maximum absolute atomic E-state index is 14.2. The molecule has 0 bridgehead atoms. The van der Waals surface area contributed by atoms with E-state index in [1.165, 1.54) is 34.0 Å². The van der Waals surface area contributed by atoms with Gasteiger partial charge < -0.3 is 5.32 Å². The Balaban J connectivity index is 1.26. The summed E-state index contributed by atoms with van der Waals surface area (Å²) in [4.78, 5) is 23.6. The van der Waals surface area contributed by atoms with Crippen molar-refractivity contribution in [1.29, 1.82) is 0 Å². The second kappa shape index (κ2) is 7.90. The van der Waals surface area contributed by atoms with Crippen molar-refractivity contribution < 1.29 is 9.18 Å². The molecule has 2 aliphatic carbocycles. The van der Waals surface area contributed by atoms with Gasteiger partial charge in [0, 0.05) is 35.0 Å². The van der Waals surface area contributed by atoms with Crippen LogP contribution in [0.4, 0.5) is 10.1 Å². The minimum Gasteiger partial charge on any atom is -0.324 e. The molecule has 5 aromatic rings. The summed E-state index contributed by atoms with van der Waals surface area (Å²) >= 11 is 6.39. The summed E-state index contributed by atoms with van der Waals surface area (Å²) in [5, 5.41) is 19.9. The minimum absolute atomic E-state index is 0.254. The molecule has 1 amide bonds. The van der Waals surface area contributed by atoms with E-state index in [0.29, 0.717) is 35.2 Å². The number of carbonyl (C=O) groups is 1. The highest BCUT2D eigenvalue weighted by Crippen LogP contribution is 2.50. The fourth-order valence-electron chi connectivity index (χ4n) is 5.19. The first-order chi connectivity index (χ1) is 17.9. The van der Waals surface area contributed by atoms with E-state index in [2.05, 4.69) is 35.7 Å². The second-order valence-electron chi connectivity index (χ2n) is 9.67. The molecule has 1 N–H and O–H groups in total. The average molecular weight is 519 g/mol. The molecule has 37 heavy (non-hydrogen) atoms. The van der Waals surface area contributed by atoms with Crippen molar-refractivity contribution in [2.45, 2.75) is 43.6 Å². The lowest BCUT2D eigenvalue weighted by Gasteiger charge is -2.24. The van der Waals surface area contributed by atoms with E-state index in [9.17, 15) is 9.18 Å². The molecule has 1 fully saturated rings. The third-order valence-electron chi connectivity index (χ3n) is 7.17. The number of nitrogens with one attached hydrogen (secondary N) is 1. The Morgan fingerprint density at radius 1 is 1.14 bits per heavy atom. The Morgan fingerprint density at radius 2 is 1.95 bits per heavy atom. The Bertz CT molecular complexity index is 1670. The van der Waals surface area contributed by atoms with Gasteiger partial charge in [-0.25, -0.2) is 14.5 Å². The Hall–Kier alpha value is -4.19. The highest BCUT2D eigenvalue weighted by Gasteiger charge is 2.48. The van der Waals surface area contributed by atoms with Crippen molar-refractivity contribution in [3.63, 3.8) is 0 Å². The van der Waals surface area contributed by atoms with Crippen molar-refractivity contribution in [3.8, 4) is 5.82 Å². The summed E-state index contributed by atoms with van der Waals surface area (Å²) in [7, 11) is 0. The fourth-order valence-corrected chi connectivity index (χ4v) is 5.43. The van der Waals surface area contributed by atoms with Crippen LogP contribution in [0.25, 0.3) is 11.5 Å². The van der Waals surface area contributed by atoms with E-state index in [-0.39, 0.29) is 10.9 Å². The van der Waals surface area contributed by atoms with Gasteiger partial charge in [-0.3, -0.25) is 9.48 Å². The van der Waals surface area contributed by atoms with Crippen molar-refractivity contribution in [2.75, 3.05) is 5.32 Å². The fraction of sp³-hybridized carbons (Fsp3) is 0.292. The highest BCUT2D eigenvalue weighted by molar-refractivity contribution is 6.32. The SMILES string of the molecule is C[C@@]1(c2cnn(C3CC3)c2)C[C@H](C(=O)Nc2cnc(-n3nccn3)c(Cl)c2)c2cnc3cc(F)nn3c21. The van der Waals surface area contributed by atoms with Gasteiger partial charge in [0.05, 0.1) is 53.2 Å². The van der Waals surface area contributed by atoms with Gasteiger partial charge in [0.1, 0.15) is 0 Å². The number of amides is 1. The molecule has 7 rings (SSSR count). The van der Waals surface area contributed by atoms with Crippen LogP contribution < -0.4 is 5.32 Å². The van der Waals surface area contributed by atoms with Gasteiger partial charge in [-0.05, 0) is 32.3 Å². The number of nitrogens with zero attached hydrogens (tertiary/aromatic N) is 9. The zero-order valence-electron chi connectivity index (χ0n) is 19.6. The number of hydrogen-bond acceptors (Lipinski definition) is 7. The number of pyridine rings is 1. The van der Waals surface area contributed by atoms with Gasteiger partial charge in [0.2, 0.25) is 11.9 Å². The molecule has 13 heteroatoms. The van der Waals surface area contributed by atoms with Crippen molar-refractivity contribution >= 4 is 28.8 Å². The molecule has 186 valence electrons. The third kappa shape index (κ3) is 3.50. The quantitative estimate of drug-likeness (QED) is 0.378. The molecule has 0 aromatic carbocycles. The molecule has 0 unspecified atom stereocenters. The molecule has 0 radical (unpaired) electrons. The number of carbonyl (C=O) groups excluding carboxylic acids is 1. The van der Waals surface area contributed by atoms with Gasteiger partial charge in [-0.15, -0.1) is 9.90 Å². The molecule has 0 aliphatic heterocycles. The second-order valence-corrected chi connectivity index (χ2v) is 10.1. The van der Waals surface area contributed by atoms with Gasteiger partial charge in [0.25, 0.3) is 0 Å². The Labute approximate surface area is 214 Å². The molecule has 1 saturated carbocycles. The number of aromatic nitrogens is 9. The summed E-state index contributed by atoms with van der Waals surface area (Å²) in [6.07, 6.45) is 12.7. The van der Waals surface area contributed by atoms with Crippen LogP contribution in [0.5, 0.6) is 0 Å². The number of anilines is 1. The van der Waals surface area contributed by atoms with Gasteiger partial charge in [-0.2, -0.15) is 19.7 Å².